The van der Waals surface area contributed by atoms with Crippen molar-refractivity contribution >= 4 is 0 Å². The van der Waals surface area contributed by atoms with Crippen LogP contribution in [0.15, 0.2) is 18.3 Å². The van der Waals surface area contributed by atoms with Crippen LogP contribution in [0.3, 0.4) is 0 Å². The van der Waals surface area contributed by atoms with Gasteiger partial charge in [-0.05, 0) is 26.0 Å². The van der Waals surface area contributed by atoms with Gasteiger partial charge in [-0.3, -0.25) is 4.98 Å². The Kier molecular flexibility index (Phi) is 1.91. The van der Waals surface area contributed by atoms with Crippen LogP contribution in [0.25, 0.3) is 0 Å². The molecule has 1 N–H and O–H groups in total. The maximum absolute atomic E-state index is 12.9. The van der Waals surface area contributed by atoms with Crippen LogP contribution in [-0.4, -0.2) is 10.1 Å². The number of rotatable bonds is 1. The van der Waals surface area contributed by atoms with E-state index in [1.165, 1.54) is 32.2 Å². The van der Waals surface area contributed by atoms with Gasteiger partial charge in [-0.1, -0.05) is 0 Å². The van der Waals surface area contributed by atoms with Crippen LogP contribution < -0.4 is 0 Å². The largest absolute Gasteiger partial charge is 0.384 e. The maximum atomic E-state index is 12.9. The zero-order valence-electron chi connectivity index (χ0n) is 6.50. The van der Waals surface area contributed by atoms with Crippen LogP contribution in [0.5, 0.6) is 0 Å². The van der Waals surface area contributed by atoms with E-state index in [0.29, 0.717) is 0 Å². The molecule has 0 bridgehead atoms. The number of hydrogen-bond donors (Lipinski definition) is 1. The lowest BCUT2D eigenvalue weighted by atomic mass is 10.0. The molecule has 11 heavy (non-hydrogen) atoms. The predicted molar refractivity (Wildman–Crippen MR) is 39.4 cm³/mol. The van der Waals surface area contributed by atoms with Crippen molar-refractivity contribution in [2.75, 3.05) is 0 Å². The quantitative estimate of drug-likeness (QED) is 0.665. The summed E-state index contributed by atoms with van der Waals surface area (Å²) in [5.74, 6) is -0.472. The molecular weight excluding hydrogens is 145 g/mol. The maximum Gasteiger partial charge on any atom is 0.147 e. The molecule has 60 valence electrons. The molecule has 0 aliphatic carbocycles. The average molecular weight is 155 g/mol. The first kappa shape index (κ1) is 8.14. The van der Waals surface area contributed by atoms with Crippen molar-refractivity contribution in [1.82, 2.24) is 4.98 Å². The Balaban J connectivity index is 3.14. The van der Waals surface area contributed by atoms with Crippen molar-refractivity contribution in [3.05, 3.63) is 29.8 Å². The van der Waals surface area contributed by atoms with Crippen LogP contribution in [0.1, 0.15) is 19.5 Å². The van der Waals surface area contributed by atoms with Gasteiger partial charge in [0.25, 0.3) is 0 Å². The van der Waals surface area contributed by atoms with E-state index in [-0.39, 0.29) is 5.69 Å². The second-order valence-corrected chi connectivity index (χ2v) is 2.89. The van der Waals surface area contributed by atoms with E-state index in [9.17, 15) is 9.50 Å². The number of aliphatic hydroxyl groups is 1. The standard InChI is InChI=1S/C8H10FNO/c1-8(2,11)7-6(9)4-3-5-10-7/h3-5,11H,1-2H3. The fraction of sp³-hybridized carbons (Fsp3) is 0.375. The van der Waals surface area contributed by atoms with Gasteiger partial charge in [-0.2, -0.15) is 0 Å². The Morgan fingerprint density at radius 1 is 1.55 bits per heavy atom. The first-order valence-corrected chi connectivity index (χ1v) is 3.35. The molecule has 0 aliphatic heterocycles. The van der Waals surface area contributed by atoms with E-state index in [4.69, 9.17) is 0 Å². The zero-order chi connectivity index (χ0) is 8.48. The van der Waals surface area contributed by atoms with Gasteiger partial charge in [-0.15, -0.1) is 0 Å². The normalized spacial score (nSPS) is 11.6. The molecule has 0 amide bonds. The van der Waals surface area contributed by atoms with E-state index in [0.717, 1.165) is 0 Å². The van der Waals surface area contributed by atoms with Crippen LogP contribution in [-0.2, 0) is 5.60 Å². The van der Waals surface area contributed by atoms with Gasteiger partial charge < -0.3 is 5.11 Å². The summed E-state index contributed by atoms with van der Waals surface area (Å²) in [7, 11) is 0. The number of nitrogens with zero attached hydrogens (tertiary/aromatic N) is 1. The number of aromatic nitrogens is 1. The van der Waals surface area contributed by atoms with Crippen molar-refractivity contribution in [3.63, 3.8) is 0 Å². The molecule has 1 rings (SSSR count). The Morgan fingerprint density at radius 2 is 2.18 bits per heavy atom. The highest BCUT2D eigenvalue weighted by molar-refractivity contribution is 5.12. The molecular formula is C8H10FNO. The summed E-state index contributed by atoms with van der Waals surface area (Å²) in [5.41, 5.74) is -1.12. The Bertz CT molecular complexity index is 255. The van der Waals surface area contributed by atoms with Gasteiger partial charge in [0.1, 0.15) is 17.1 Å². The van der Waals surface area contributed by atoms with Crippen molar-refractivity contribution in [1.29, 1.82) is 0 Å². The molecule has 0 fully saturated rings. The van der Waals surface area contributed by atoms with E-state index >= 15 is 0 Å². The smallest absolute Gasteiger partial charge is 0.147 e. The molecule has 0 unspecified atom stereocenters. The molecule has 0 radical (unpaired) electrons. The molecule has 1 aromatic heterocycles. The van der Waals surface area contributed by atoms with Crippen molar-refractivity contribution in [3.8, 4) is 0 Å². The van der Waals surface area contributed by atoms with E-state index < -0.39 is 11.4 Å². The third kappa shape index (κ3) is 1.74. The zero-order valence-corrected chi connectivity index (χ0v) is 6.50. The molecule has 0 saturated carbocycles. The van der Waals surface area contributed by atoms with Gasteiger partial charge in [0.05, 0.1) is 0 Å². The average Bonchev–Trinajstić information content (AvgIpc) is 1.86. The topological polar surface area (TPSA) is 33.1 Å². The highest BCUT2D eigenvalue weighted by Crippen LogP contribution is 2.19. The summed E-state index contributed by atoms with van der Waals surface area (Å²) >= 11 is 0. The van der Waals surface area contributed by atoms with Gasteiger partial charge in [0.15, 0.2) is 0 Å². The Morgan fingerprint density at radius 3 is 2.55 bits per heavy atom. The predicted octanol–water partition coefficient (Wildman–Crippen LogP) is 1.45. The SMILES string of the molecule is CC(C)(O)c1ncccc1F. The molecule has 1 heterocycles. The second kappa shape index (κ2) is 2.58. The third-order valence-electron chi connectivity index (χ3n) is 1.34. The summed E-state index contributed by atoms with van der Waals surface area (Å²) in [5, 5.41) is 9.37. The monoisotopic (exact) mass is 155 g/mol. The molecule has 0 spiro atoms. The van der Waals surface area contributed by atoms with Gasteiger partial charge in [-0.25, -0.2) is 4.39 Å². The molecule has 2 nitrogen and oxygen atoms in total. The Hall–Kier alpha value is -0.960. The molecule has 3 heteroatoms. The lowest BCUT2D eigenvalue weighted by Crippen LogP contribution is -2.19. The second-order valence-electron chi connectivity index (χ2n) is 2.89. The minimum absolute atomic E-state index is 0.0833. The summed E-state index contributed by atoms with van der Waals surface area (Å²) < 4.78 is 12.9. The van der Waals surface area contributed by atoms with Gasteiger partial charge in [0, 0.05) is 6.20 Å². The van der Waals surface area contributed by atoms with Crippen LogP contribution in [0, 0.1) is 5.82 Å². The highest BCUT2D eigenvalue weighted by atomic mass is 19.1. The summed E-state index contributed by atoms with van der Waals surface area (Å²) in [4.78, 5) is 3.72. The highest BCUT2D eigenvalue weighted by Gasteiger charge is 2.21. The summed E-state index contributed by atoms with van der Waals surface area (Å²) in [6.07, 6.45) is 1.45. The molecule has 0 aliphatic rings. The van der Waals surface area contributed by atoms with E-state index in [2.05, 4.69) is 4.98 Å². The van der Waals surface area contributed by atoms with Crippen LogP contribution in [0.4, 0.5) is 4.39 Å². The lowest BCUT2D eigenvalue weighted by Gasteiger charge is -2.16. The summed E-state index contributed by atoms with van der Waals surface area (Å²) in [6, 6.07) is 2.77. The number of hydrogen-bond acceptors (Lipinski definition) is 2. The minimum Gasteiger partial charge on any atom is -0.384 e. The van der Waals surface area contributed by atoms with Crippen molar-refractivity contribution < 1.29 is 9.50 Å². The molecule has 0 atom stereocenters. The first-order valence-electron chi connectivity index (χ1n) is 3.35. The fourth-order valence-electron chi connectivity index (χ4n) is 0.836. The van der Waals surface area contributed by atoms with Gasteiger partial charge >= 0.3 is 0 Å². The number of halogens is 1. The van der Waals surface area contributed by atoms with Gasteiger partial charge in [0.2, 0.25) is 0 Å². The first-order chi connectivity index (χ1) is 5.02. The van der Waals surface area contributed by atoms with Crippen LogP contribution >= 0.6 is 0 Å². The molecule has 0 saturated heterocycles. The molecule has 1 aromatic rings. The van der Waals surface area contributed by atoms with Crippen LogP contribution in [0.2, 0.25) is 0 Å². The van der Waals surface area contributed by atoms with Crippen molar-refractivity contribution in [2.24, 2.45) is 0 Å². The fourth-order valence-corrected chi connectivity index (χ4v) is 0.836. The lowest BCUT2D eigenvalue weighted by molar-refractivity contribution is 0.0694. The van der Waals surface area contributed by atoms with Crippen molar-refractivity contribution in [2.45, 2.75) is 19.4 Å². The summed E-state index contributed by atoms with van der Waals surface area (Å²) in [6.45, 7) is 3.00. The van der Waals surface area contributed by atoms with E-state index in [1.807, 2.05) is 0 Å². The molecule has 0 aromatic carbocycles. The minimum atomic E-state index is -1.20. The number of pyridine rings is 1. The Labute approximate surface area is 64.7 Å². The van der Waals surface area contributed by atoms with E-state index in [1.54, 1.807) is 0 Å². The third-order valence-corrected chi connectivity index (χ3v) is 1.34.